The number of sulfonamides is 1. The van der Waals surface area contributed by atoms with Crippen molar-refractivity contribution in [3.8, 4) is 0 Å². The number of benzene rings is 1. The molecule has 0 saturated carbocycles. The lowest BCUT2D eigenvalue weighted by molar-refractivity contribution is -0.134. The second-order valence-corrected chi connectivity index (χ2v) is 8.97. The molecule has 1 saturated heterocycles. The van der Waals surface area contributed by atoms with Crippen molar-refractivity contribution in [2.45, 2.75) is 51.1 Å². The molecule has 0 radical (unpaired) electrons. The van der Waals surface area contributed by atoms with Gasteiger partial charge in [-0.15, -0.1) is 12.4 Å². The van der Waals surface area contributed by atoms with E-state index in [1.807, 2.05) is 27.7 Å². The Bertz CT molecular complexity index is 692. The van der Waals surface area contributed by atoms with E-state index in [1.54, 1.807) is 29.2 Å². The Balaban J connectivity index is 0.00000338. The van der Waals surface area contributed by atoms with Crippen LogP contribution in [0.2, 0.25) is 0 Å². The molecule has 2 atom stereocenters. The average Bonchev–Trinajstić information content (AvgIpc) is 2.53. The molecule has 2 unspecified atom stereocenters. The lowest BCUT2D eigenvalue weighted by atomic mass is 10.0. The lowest BCUT2D eigenvalue weighted by Gasteiger charge is -2.34. The first kappa shape index (κ1) is 22.9. The summed E-state index contributed by atoms with van der Waals surface area (Å²) in [4.78, 5) is 14.9. The fourth-order valence-electron chi connectivity index (χ4n) is 3.00. The third-order valence-corrected chi connectivity index (χ3v) is 5.80. The van der Waals surface area contributed by atoms with Crippen molar-refractivity contribution in [3.05, 3.63) is 29.8 Å². The highest BCUT2D eigenvalue weighted by Gasteiger charge is 2.31. The molecule has 0 aliphatic carbocycles. The van der Waals surface area contributed by atoms with Gasteiger partial charge in [-0.05, 0) is 38.3 Å². The van der Waals surface area contributed by atoms with Crippen LogP contribution >= 0.6 is 12.4 Å². The zero-order valence-corrected chi connectivity index (χ0v) is 17.5. The van der Waals surface area contributed by atoms with Gasteiger partial charge in [0.25, 0.3) is 0 Å². The molecule has 1 aliphatic rings. The topological polar surface area (TPSA) is 78.5 Å². The Morgan fingerprint density at radius 2 is 1.92 bits per heavy atom. The van der Waals surface area contributed by atoms with Gasteiger partial charge >= 0.3 is 0 Å². The molecule has 1 fully saturated rings. The molecule has 1 heterocycles. The molecule has 148 valence electrons. The quantitative estimate of drug-likeness (QED) is 0.760. The first-order valence-corrected chi connectivity index (χ1v) is 10.3. The number of carbonyl (C=O) groups excluding carboxylic acids is 1. The predicted molar refractivity (Wildman–Crippen MR) is 106 cm³/mol. The predicted octanol–water partition coefficient (Wildman–Crippen LogP) is 1.93. The highest BCUT2D eigenvalue weighted by molar-refractivity contribution is 7.89. The van der Waals surface area contributed by atoms with E-state index in [0.29, 0.717) is 19.5 Å². The molecule has 1 aliphatic heterocycles. The number of amides is 1. The average molecular weight is 404 g/mol. The van der Waals surface area contributed by atoms with E-state index in [1.165, 1.54) is 0 Å². The Morgan fingerprint density at radius 3 is 2.46 bits per heavy atom. The Labute approximate surface area is 163 Å². The molecule has 6 nitrogen and oxygen atoms in total. The molecule has 2 rings (SSSR count). The summed E-state index contributed by atoms with van der Waals surface area (Å²) in [6.45, 7) is 9.82. The maximum Gasteiger partial charge on any atom is 0.241 e. The Hall–Kier alpha value is -1.15. The zero-order valence-electron chi connectivity index (χ0n) is 15.9. The van der Waals surface area contributed by atoms with Gasteiger partial charge in [-0.3, -0.25) is 4.79 Å². The van der Waals surface area contributed by atoms with Crippen LogP contribution in [0.25, 0.3) is 0 Å². The summed E-state index contributed by atoms with van der Waals surface area (Å²) >= 11 is 0. The van der Waals surface area contributed by atoms with Crippen molar-refractivity contribution < 1.29 is 13.2 Å². The first-order chi connectivity index (χ1) is 11.7. The van der Waals surface area contributed by atoms with Crippen molar-refractivity contribution in [2.75, 3.05) is 19.6 Å². The van der Waals surface area contributed by atoms with Gasteiger partial charge in [0.2, 0.25) is 15.9 Å². The second kappa shape index (κ2) is 9.69. The molecule has 1 aromatic rings. The van der Waals surface area contributed by atoms with Crippen LogP contribution in [0.3, 0.4) is 0 Å². The van der Waals surface area contributed by atoms with Gasteiger partial charge in [0.1, 0.15) is 6.04 Å². The molecular weight excluding hydrogens is 374 g/mol. The van der Waals surface area contributed by atoms with Gasteiger partial charge in [-0.25, -0.2) is 8.42 Å². The van der Waals surface area contributed by atoms with Crippen LogP contribution < -0.4 is 10.0 Å². The van der Waals surface area contributed by atoms with Crippen LogP contribution in [-0.4, -0.2) is 50.9 Å². The maximum atomic E-state index is 12.9. The minimum absolute atomic E-state index is 0. The van der Waals surface area contributed by atoms with Gasteiger partial charge in [-0.1, -0.05) is 31.5 Å². The molecule has 0 spiro atoms. The fourth-order valence-corrected chi connectivity index (χ4v) is 4.20. The minimum Gasteiger partial charge on any atom is -0.338 e. The van der Waals surface area contributed by atoms with E-state index in [9.17, 15) is 13.2 Å². The number of piperazine rings is 1. The molecule has 26 heavy (non-hydrogen) atoms. The smallest absolute Gasteiger partial charge is 0.241 e. The van der Waals surface area contributed by atoms with E-state index in [-0.39, 0.29) is 35.2 Å². The number of rotatable bonds is 6. The number of hydrogen-bond acceptors (Lipinski definition) is 4. The highest BCUT2D eigenvalue weighted by Crippen LogP contribution is 2.15. The number of carbonyl (C=O) groups is 1. The van der Waals surface area contributed by atoms with E-state index in [2.05, 4.69) is 10.0 Å². The van der Waals surface area contributed by atoms with Crippen LogP contribution in [0.15, 0.2) is 29.2 Å². The van der Waals surface area contributed by atoms with Crippen molar-refractivity contribution in [1.82, 2.24) is 14.9 Å². The van der Waals surface area contributed by atoms with Crippen molar-refractivity contribution in [1.29, 1.82) is 0 Å². The SMILES string of the molecule is Cc1ccc(S(=O)(=O)NC(CC(C)C)C(=O)N2CCNC(C)C2)cc1.Cl. The van der Waals surface area contributed by atoms with Gasteiger partial charge < -0.3 is 10.2 Å². The monoisotopic (exact) mass is 403 g/mol. The molecule has 8 heteroatoms. The number of hydrogen-bond donors (Lipinski definition) is 2. The minimum atomic E-state index is -3.73. The van der Waals surface area contributed by atoms with Crippen LogP contribution in [0, 0.1) is 12.8 Å². The normalized spacial score (nSPS) is 19.1. The third-order valence-electron chi connectivity index (χ3n) is 4.31. The van der Waals surface area contributed by atoms with Crippen LogP contribution in [-0.2, 0) is 14.8 Å². The summed E-state index contributed by atoms with van der Waals surface area (Å²) in [5.74, 6) is 0.0627. The molecule has 1 amide bonds. The molecule has 0 bridgehead atoms. The standard InChI is InChI=1S/C18H29N3O3S.ClH/c1-13(2)11-17(18(22)21-10-9-19-15(4)12-21)20-25(23,24)16-7-5-14(3)6-8-16;/h5-8,13,15,17,19-20H,9-12H2,1-4H3;1H. The van der Waals surface area contributed by atoms with Crippen LogP contribution in [0.1, 0.15) is 32.8 Å². The number of nitrogens with one attached hydrogen (secondary N) is 2. The number of halogens is 1. The second-order valence-electron chi connectivity index (χ2n) is 7.26. The largest absolute Gasteiger partial charge is 0.338 e. The molecule has 0 aromatic heterocycles. The Kier molecular flexibility index (Phi) is 8.53. The molecule has 1 aromatic carbocycles. The van der Waals surface area contributed by atoms with Gasteiger partial charge in [0, 0.05) is 25.7 Å². The number of nitrogens with zero attached hydrogens (tertiary/aromatic N) is 1. The van der Waals surface area contributed by atoms with Crippen molar-refractivity contribution >= 4 is 28.3 Å². The summed E-state index contributed by atoms with van der Waals surface area (Å²) in [7, 11) is -3.73. The highest BCUT2D eigenvalue weighted by atomic mass is 35.5. The van der Waals surface area contributed by atoms with E-state index < -0.39 is 16.1 Å². The summed E-state index contributed by atoms with van der Waals surface area (Å²) in [6, 6.07) is 6.13. The van der Waals surface area contributed by atoms with E-state index in [4.69, 9.17) is 0 Å². The fraction of sp³-hybridized carbons (Fsp3) is 0.611. The molecule has 2 N–H and O–H groups in total. The lowest BCUT2D eigenvalue weighted by Crippen LogP contribution is -2.56. The third kappa shape index (κ3) is 6.23. The van der Waals surface area contributed by atoms with E-state index in [0.717, 1.165) is 12.1 Å². The zero-order chi connectivity index (χ0) is 18.6. The van der Waals surface area contributed by atoms with Crippen LogP contribution in [0.5, 0.6) is 0 Å². The number of aryl methyl sites for hydroxylation is 1. The first-order valence-electron chi connectivity index (χ1n) is 8.80. The summed E-state index contributed by atoms with van der Waals surface area (Å²) in [6.07, 6.45) is 0.474. The van der Waals surface area contributed by atoms with Crippen molar-refractivity contribution in [2.24, 2.45) is 5.92 Å². The Morgan fingerprint density at radius 1 is 1.31 bits per heavy atom. The van der Waals surface area contributed by atoms with Crippen LogP contribution in [0.4, 0.5) is 0 Å². The molecular formula is C18H30ClN3O3S. The summed E-state index contributed by atoms with van der Waals surface area (Å²) in [5, 5.41) is 3.29. The van der Waals surface area contributed by atoms with Gasteiger partial charge in [0.15, 0.2) is 0 Å². The van der Waals surface area contributed by atoms with Crippen molar-refractivity contribution in [3.63, 3.8) is 0 Å². The maximum absolute atomic E-state index is 12.9. The van der Waals surface area contributed by atoms with E-state index >= 15 is 0 Å². The summed E-state index contributed by atoms with van der Waals surface area (Å²) in [5.41, 5.74) is 0.989. The van der Waals surface area contributed by atoms with Gasteiger partial charge in [0.05, 0.1) is 4.90 Å². The summed E-state index contributed by atoms with van der Waals surface area (Å²) < 4.78 is 28.0. The van der Waals surface area contributed by atoms with Gasteiger partial charge in [-0.2, -0.15) is 4.72 Å².